The number of benzene rings is 7. The van der Waals surface area contributed by atoms with Gasteiger partial charge in [0.15, 0.2) is 5.58 Å². The Morgan fingerprint density at radius 3 is 1.95 bits per heavy atom. The quantitative estimate of drug-likeness (QED) is 0.215. The maximum absolute atomic E-state index is 7.14. The first-order valence-electron chi connectivity index (χ1n) is 14.0. The van der Waals surface area contributed by atoms with Crippen molar-refractivity contribution in [2.24, 2.45) is 0 Å². The van der Waals surface area contributed by atoms with Crippen LogP contribution in [0.1, 0.15) is 0 Å². The van der Waals surface area contributed by atoms with Crippen LogP contribution < -0.4 is 4.90 Å². The van der Waals surface area contributed by atoms with Crippen molar-refractivity contribution in [1.82, 2.24) is 0 Å². The number of rotatable bonds is 3. The lowest BCUT2D eigenvalue weighted by Gasteiger charge is -2.27. The molecule has 4 heteroatoms. The predicted molar refractivity (Wildman–Crippen MR) is 176 cm³/mol. The van der Waals surface area contributed by atoms with Crippen LogP contribution in [0.4, 0.5) is 17.1 Å². The Hall–Kier alpha value is -5.25. The highest BCUT2D eigenvalue weighted by atomic mass is 35.5. The number of para-hydroxylation sites is 2. The SMILES string of the molecule is Clc1c2ccccc2cc2oc3c(N(c4ccccc4)c4ccc5oc6ccccc6c5c4)c4ccccc4cc3c12. The van der Waals surface area contributed by atoms with Crippen molar-refractivity contribution < 1.29 is 8.83 Å². The molecule has 0 atom stereocenters. The molecule has 198 valence electrons. The van der Waals surface area contributed by atoms with Crippen LogP contribution in [0.5, 0.6) is 0 Å². The first-order chi connectivity index (χ1) is 20.7. The Balaban J connectivity index is 1.43. The highest BCUT2D eigenvalue weighted by Gasteiger charge is 2.24. The van der Waals surface area contributed by atoms with Gasteiger partial charge in [0.25, 0.3) is 0 Å². The summed E-state index contributed by atoms with van der Waals surface area (Å²) in [5, 5.41) is 9.06. The van der Waals surface area contributed by atoms with Crippen molar-refractivity contribution in [3.8, 4) is 0 Å². The van der Waals surface area contributed by atoms with Crippen molar-refractivity contribution in [2.45, 2.75) is 0 Å². The third-order valence-electron chi connectivity index (χ3n) is 8.26. The predicted octanol–water partition coefficient (Wildman–Crippen LogP) is 11.9. The summed E-state index contributed by atoms with van der Waals surface area (Å²) in [6.45, 7) is 0. The van der Waals surface area contributed by atoms with Crippen LogP contribution in [0.3, 0.4) is 0 Å². The van der Waals surface area contributed by atoms with Gasteiger partial charge in [-0.1, -0.05) is 96.5 Å². The molecule has 0 N–H and O–H groups in total. The standard InChI is InChI=1S/C38H22ClNO2/c39-36-27-14-6-4-11-24(27)21-34-35(36)31-20-23-10-5-7-15-28(23)37(38(31)42-34)40(25-12-2-1-3-13-25)26-18-19-33-30(22-26)29-16-8-9-17-32(29)41-33/h1-22H. The van der Waals surface area contributed by atoms with E-state index in [-0.39, 0.29) is 0 Å². The molecule has 0 amide bonds. The minimum atomic E-state index is 0.709. The summed E-state index contributed by atoms with van der Waals surface area (Å²) in [5.41, 5.74) is 6.31. The topological polar surface area (TPSA) is 29.5 Å². The molecule has 2 heterocycles. The smallest absolute Gasteiger partial charge is 0.160 e. The summed E-state index contributed by atoms with van der Waals surface area (Å²) in [6.07, 6.45) is 0. The molecule has 0 fully saturated rings. The Bertz CT molecular complexity index is 2490. The lowest BCUT2D eigenvalue weighted by molar-refractivity contribution is 0.669. The van der Waals surface area contributed by atoms with Crippen molar-refractivity contribution >= 4 is 94.1 Å². The summed E-state index contributed by atoms with van der Waals surface area (Å²) in [7, 11) is 0. The van der Waals surface area contributed by atoms with E-state index in [0.717, 1.165) is 82.5 Å². The van der Waals surface area contributed by atoms with Crippen molar-refractivity contribution in [1.29, 1.82) is 0 Å². The molecule has 0 radical (unpaired) electrons. The molecule has 0 unspecified atom stereocenters. The van der Waals surface area contributed by atoms with Gasteiger partial charge in [0, 0.05) is 43.7 Å². The maximum Gasteiger partial charge on any atom is 0.160 e. The lowest BCUT2D eigenvalue weighted by atomic mass is 10.0. The summed E-state index contributed by atoms with van der Waals surface area (Å²) in [6, 6.07) is 46.0. The Morgan fingerprint density at radius 1 is 0.452 bits per heavy atom. The molecule has 3 nitrogen and oxygen atoms in total. The van der Waals surface area contributed by atoms with Gasteiger partial charge in [0.2, 0.25) is 0 Å². The molecule has 0 aliphatic carbocycles. The van der Waals surface area contributed by atoms with E-state index in [1.165, 1.54) is 0 Å². The average molecular weight is 560 g/mol. The van der Waals surface area contributed by atoms with E-state index in [1.807, 2.05) is 30.3 Å². The van der Waals surface area contributed by atoms with Gasteiger partial charge in [-0.3, -0.25) is 0 Å². The second-order valence-electron chi connectivity index (χ2n) is 10.7. The molecule has 42 heavy (non-hydrogen) atoms. The largest absolute Gasteiger partial charge is 0.456 e. The molecule has 0 aliphatic rings. The van der Waals surface area contributed by atoms with Gasteiger partial charge in [-0.15, -0.1) is 0 Å². The number of halogens is 1. The average Bonchev–Trinajstić information content (AvgIpc) is 3.59. The molecule has 0 saturated heterocycles. The minimum Gasteiger partial charge on any atom is -0.456 e. The van der Waals surface area contributed by atoms with E-state index < -0.39 is 0 Å². The summed E-state index contributed by atoms with van der Waals surface area (Å²) >= 11 is 7.14. The maximum atomic E-state index is 7.14. The van der Waals surface area contributed by atoms with E-state index in [4.69, 9.17) is 20.4 Å². The first-order valence-corrected chi connectivity index (χ1v) is 14.3. The molecule has 0 saturated carbocycles. The molecule has 7 aromatic carbocycles. The zero-order valence-electron chi connectivity index (χ0n) is 22.3. The first kappa shape index (κ1) is 23.5. The summed E-state index contributed by atoms with van der Waals surface area (Å²) in [5.74, 6) is 0. The van der Waals surface area contributed by atoms with E-state index >= 15 is 0 Å². The van der Waals surface area contributed by atoms with Gasteiger partial charge in [-0.2, -0.15) is 0 Å². The molecular weight excluding hydrogens is 538 g/mol. The van der Waals surface area contributed by atoms with Crippen LogP contribution in [-0.4, -0.2) is 0 Å². The molecule has 0 bridgehead atoms. The molecule has 9 aromatic rings. The number of anilines is 3. The van der Waals surface area contributed by atoms with Crippen LogP contribution in [-0.2, 0) is 0 Å². The van der Waals surface area contributed by atoms with Crippen LogP contribution >= 0.6 is 11.6 Å². The van der Waals surface area contributed by atoms with Crippen LogP contribution in [0.2, 0.25) is 5.02 Å². The number of nitrogens with zero attached hydrogens (tertiary/aromatic N) is 1. The molecule has 9 rings (SSSR count). The van der Waals surface area contributed by atoms with Gasteiger partial charge < -0.3 is 13.7 Å². The highest BCUT2D eigenvalue weighted by molar-refractivity contribution is 6.43. The monoisotopic (exact) mass is 559 g/mol. The number of fused-ring (bicyclic) bond motifs is 8. The fraction of sp³-hybridized carbons (Fsp3) is 0. The number of hydrogen-bond donors (Lipinski definition) is 0. The Labute approximate surface area is 245 Å². The van der Waals surface area contributed by atoms with Gasteiger partial charge in [0.1, 0.15) is 16.7 Å². The Morgan fingerprint density at radius 2 is 1.12 bits per heavy atom. The second kappa shape index (κ2) is 8.87. The van der Waals surface area contributed by atoms with E-state index in [9.17, 15) is 0 Å². The van der Waals surface area contributed by atoms with Gasteiger partial charge in [-0.25, -0.2) is 0 Å². The fourth-order valence-electron chi connectivity index (χ4n) is 6.38. The van der Waals surface area contributed by atoms with Crippen molar-refractivity contribution in [3.63, 3.8) is 0 Å². The molecule has 0 spiro atoms. The highest BCUT2D eigenvalue weighted by Crippen LogP contribution is 2.49. The minimum absolute atomic E-state index is 0.709. The fourth-order valence-corrected chi connectivity index (χ4v) is 6.75. The van der Waals surface area contributed by atoms with Crippen molar-refractivity contribution in [3.05, 3.63) is 138 Å². The van der Waals surface area contributed by atoms with Crippen molar-refractivity contribution in [2.75, 3.05) is 4.90 Å². The van der Waals surface area contributed by atoms with Gasteiger partial charge in [-0.05, 0) is 59.3 Å². The van der Waals surface area contributed by atoms with Crippen LogP contribution in [0, 0.1) is 0 Å². The van der Waals surface area contributed by atoms with Gasteiger partial charge in [0.05, 0.1) is 10.7 Å². The summed E-state index contributed by atoms with van der Waals surface area (Å²) in [4.78, 5) is 2.29. The van der Waals surface area contributed by atoms with Crippen LogP contribution in [0.15, 0.2) is 142 Å². The third-order valence-corrected chi connectivity index (χ3v) is 8.66. The normalized spacial score (nSPS) is 11.9. The van der Waals surface area contributed by atoms with Gasteiger partial charge >= 0.3 is 0 Å². The molecular formula is C38H22ClNO2. The second-order valence-corrected chi connectivity index (χ2v) is 11.0. The molecule has 2 aromatic heterocycles. The van der Waals surface area contributed by atoms with Crippen LogP contribution in [0.25, 0.3) is 65.4 Å². The zero-order chi connectivity index (χ0) is 27.8. The lowest BCUT2D eigenvalue weighted by Crippen LogP contribution is -2.10. The van der Waals surface area contributed by atoms with E-state index in [2.05, 4.69) is 108 Å². The van der Waals surface area contributed by atoms with E-state index in [0.29, 0.717) is 5.02 Å². The molecule has 0 aliphatic heterocycles. The van der Waals surface area contributed by atoms with E-state index in [1.54, 1.807) is 0 Å². The zero-order valence-corrected chi connectivity index (χ0v) is 23.1. The Kier molecular flexibility index (Phi) is 4.96. The number of hydrogen-bond acceptors (Lipinski definition) is 3. The third kappa shape index (κ3) is 3.35. The number of furan rings is 2. The summed E-state index contributed by atoms with van der Waals surface area (Å²) < 4.78 is 13.0.